The molecule has 0 radical (unpaired) electrons. The quantitative estimate of drug-likeness (QED) is 0.889. The number of anilines is 2. The third kappa shape index (κ3) is 2.43. The highest BCUT2D eigenvalue weighted by atomic mass is 19.1. The summed E-state index contributed by atoms with van der Waals surface area (Å²) in [5.74, 6) is -1.04. The van der Waals surface area contributed by atoms with Crippen molar-refractivity contribution >= 4 is 17.3 Å². The lowest BCUT2D eigenvalue weighted by molar-refractivity contribution is -0.117. The van der Waals surface area contributed by atoms with Crippen LogP contribution in [-0.4, -0.2) is 12.5 Å². The van der Waals surface area contributed by atoms with Crippen LogP contribution in [0, 0.1) is 17.1 Å². The maximum atomic E-state index is 13.1. The molecular formula is C16H12FN3O. The van der Waals surface area contributed by atoms with E-state index in [9.17, 15) is 9.18 Å². The van der Waals surface area contributed by atoms with Gasteiger partial charge in [0.2, 0.25) is 5.91 Å². The van der Waals surface area contributed by atoms with E-state index in [4.69, 9.17) is 5.26 Å². The Balaban J connectivity index is 1.84. The molecule has 4 nitrogen and oxygen atoms in total. The van der Waals surface area contributed by atoms with E-state index in [1.807, 2.05) is 30.3 Å². The fraction of sp³-hybridized carbons (Fsp3) is 0.125. The minimum Gasteiger partial charge on any atom is -0.384 e. The van der Waals surface area contributed by atoms with Crippen molar-refractivity contribution < 1.29 is 9.18 Å². The fourth-order valence-electron chi connectivity index (χ4n) is 2.46. The smallest absolute Gasteiger partial charge is 0.233 e. The molecule has 0 aliphatic carbocycles. The van der Waals surface area contributed by atoms with Gasteiger partial charge in [-0.25, -0.2) is 4.39 Å². The summed E-state index contributed by atoms with van der Waals surface area (Å²) < 4.78 is 13.1. The molecule has 5 heteroatoms. The minimum atomic E-state index is -0.502. The van der Waals surface area contributed by atoms with Crippen molar-refractivity contribution in [2.45, 2.75) is 5.92 Å². The zero-order chi connectivity index (χ0) is 14.8. The van der Waals surface area contributed by atoms with Crippen LogP contribution < -0.4 is 10.6 Å². The van der Waals surface area contributed by atoms with Crippen LogP contribution in [-0.2, 0) is 4.79 Å². The Morgan fingerprint density at radius 2 is 2.14 bits per heavy atom. The molecule has 1 unspecified atom stereocenters. The number of nitriles is 1. The van der Waals surface area contributed by atoms with Gasteiger partial charge < -0.3 is 10.6 Å². The van der Waals surface area contributed by atoms with Gasteiger partial charge in [0, 0.05) is 12.2 Å². The first kappa shape index (κ1) is 13.1. The molecule has 1 aliphatic heterocycles. The molecule has 1 aliphatic rings. The van der Waals surface area contributed by atoms with Crippen molar-refractivity contribution in [3.8, 4) is 6.07 Å². The second-order valence-corrected chi connectivity index (χ2v) is 4.81. The van der Waals surface area contributed by atoms with Crippen molar-refractivity contribution in [3.63, 3.8) is 0 Å². The van der Waals surface area contributed by atoms with Crippen molar-refractivity contribution in [1.29, 1.82) is 5.26 Å². The van der Waals surface area contributed by atoms with Gasteiger partial charge in [-0.2, -0.15) is 5.26 Å². The predicted octanol–water partition coefficient (Wildman–Crippen LogP) is 2.85. The average Bonchev–Trinajstić information content (AvgIpc) is 2.93. The zero-order valence-electron chi connectivity index (χ0n) is 11.1. The molecule has 0 aromatic heterocycles. The Labute approximate surface area is 121 Å². The van der Waals surface area contributed by atoms with Crippen LogP contribution in [0.15, 0.2) is 42.5 Å². The molecule has 21 heavy (non-hydrogen) atoms. The van der Waals surface area contributed by atoms with Crippen LogP contribution in [0.1, 0.15) is 17.0 Å². The summed E-state index contributed by atoms with van der Waals surface area (Å²) >= 11 is 0. The number of fused-ring (bicyclic) bond motifs is 1. The molecule has 1 heterocycles. The summed E-state index contributed by atoms with van der Waals surface area (Å²) in [6.45, 7) is 0.508. The standard InChI is InChI=1S/C16H12FN3O/c17-11-5-6-14(10(7-11)8-18)20-16(21)13-9-19-15-4-2-1-3-12(13)15/h1-7,13,19H,9H2,(H,20,21). The topological polar surface area (TPSA) is 64.9 Å². The third-order valence-electron chi connectivity index (χ3n) is 3.51. The van der Waals surface area contributed by atoms with Crippen LogP contribution in [0.5, 0.6) is 0 Å². The number of carbonyl (C=O) groups is 1. The Hall–Kier alpha value is -2.87. The molecule has 1 amide bonds. The fourth-order valence-corrected chi connectivity index (χ4v) is 2.46. The van der Waals surface area contributed by atoms with Gasteiger partial charge in [-0.3, -0.25) is 4.79 Å². The van der Waals surface area contributed by atoms with Gasteiger partial charge in [0.15, 0.2) is 0 Å². The maximum Gasteiger partial charge on any atom is 0.233 e. The first-order chi connectivity index (χ1) is 10.2. The SMILES string of the molecule is N#Cc1cc(F)ccc1NC(=O)C1CNc2ccccc21. The maximum absolute atomic E-state index is 13.1. The van der Waals surface area contributed by atoms with E-state index in [0.717, 1.165) is 17.3 Å². The zero-order valence-corrected chi connectivity index (χ0v) is 11.1. The molecule has 1 atom stereocenters. The van der Waals surface area contributed by atoms with E-state index in [2.05, 4.69) is 10.6 Å². The van der Waals surface area contributed by atoms with Crippen LogP contribution >= 0.6 is 0 Å². The summed E-state index contributed by atoms with van der Waals surface area (Å²) in [4.78, 5) is 12.4. The lowest BCUT2D eigenvalue weighted by Crippen LogP contribution is -2.23. The molecule has 0 saturated carbocycles. The number of hydrogen-bond acceptors (Lipinski definition) is 3. The van der Waals surface area contributed by atoms with Gasteiger partial charge >= 0.3 is 0 Å². The largest absolute Gasteiger partial charge is 0.384 e. The van der Waals surface area contributed by atoms with Gasteiger partial charge in [0.05, 0.1) is 17.2 Å². The van der Waals surface area contributed by atoms with E-state index in [0.29, 0.717) is 12.2 Å². The number of nitrogens with zero attached hydrogens (tertiary/aromatic N) is 1. The monoisotopic (exact) mass is 281 g/mol. The van der Waals surface area contributed by atoms with E-state index in [1.165, 1.54) is 12.1 Å². The predicted molar refractivity (Wildman–Crippen MR) is 77.4 cm³/mol. The summed E-state index contributed by atoms with van der Waals surface area (Å²) in [7, 11) is 0. The number of benzene rings is 2. The van der Waals surface area contributed by atoms with Crippen LogP contribution in [0.3, 0.4) is 0 Å². The first-order valence-corrected chi connectivity index (χ1v) is 6.52. The van der Waals surface area contributed by atoms with Crippen LogP contribution in [0.25, 0.3) is 0 Å². The number of halogens is 1. The Kier molecular flexibility index (Phi) is 3.28. The summed E-state index contributed by atoms with van der Waals surface area (Å²) in [6, 6.07) is 13.2. The summed E-state index contributed by atoms with van der Waals surface area (Å²) in [5.41, 5.74) is 2.31. The van der Waals surface area contributed by atoms with Gasteiger partial charge in [-0.1, -0.05) is 18.2 Å². The normalized spacial score (nSPS) is 15.7. The van der Waals surface area contributed by atoms with Gasteiger partial charge in [0.1, 0.15) is 11.9 Å². The summed E-state index contributed by atoms with van der Waals surface area (Å²) in [5, 5.41) is 14.9. The summed E-state index contributed by atoms with van der Waals surface area (Å²) in [6.07, 6.45) is 0. The molecule has 0 fully saturated rings. The van der Waals surface area contributed by atoms with Gasteiger partial charge in [-0.05, 0) is 29.8 Å². The minimum absolute atomic E-state index is 0.114. The van der Waals surface area contributed by atoms with E-state index in [1.54, 1.807) is 0 Å². The highest BCUT2D eigenvalue weighted by molar-refractivity contribution is 5.99. The second-order valence-electron chi connectivity index (χ2n) is 4.81. The number of nitrogens with one attached hydrogen (secondary N) is 2. The number of para-hydroxylation sites is 1. The van der Waals surface area contributed by atoms with Crippen molar-refractivity contribution in [3.05, 3.63) is 59.4 Å². The van der Waals surface area contributed by atoms with Crippen LogP contribution in [0.4, 0.5) is 15.8 Å². The highest BCUT2D eigenvalue weighted by Crippen LogP contribution is 2.32. The van der Waals surface area contributed by atoms with Crippen molar-refractivity contribution in [2.24, 2.45) is 0 Å². The molecule has 104 valence electrons. The number of amides is 1. The van der Waals surface area contributed by atoms with Gasteiger partial charge in [0.25, 0.3) is 0 Å². The number of carbonyl (C=O) groups excluding carboxylic acids is 1. The molecule has 3 rings (SSSR count). The van der Waals surface area contributed by atoms with Crippen molar-refractivity contribution in [1.82, 2.24) is 0 Å². The Morgan fingerprint density at radius 3 is 2.95 bits per heavy atom. The lowest BCUT2D eigenvalue weighted by Gasteiger charge is -2.12. The Bertz CT molecular complexity index is 751. The Morgan fingerprint density at radius 1 is 1.33 bits per heavy atom. The molecule has 0 saturated heterocycles. The number of hydrogen-bond donors (Lipinski definition) is 2. The van der Waals surface area contributed by atoms with E-state index < -0.39 is 5.82 Å². The average molecular weight is 281 g/mol. The van der Waals surface area contributed by atoms with E-state index >= 15 is 0 Å². The number of rotatable bonds is 2. The first-order valence-electron chi connectivity index (χ1n) is 6.52. The lowest BCUT2D eigenvalue weighted by atomic mass is 10.0. The molecule has 2 aromatic carbocycles. The van der Waals surface area contributed by atoms with Gasteiger partial charge in [-0.15, -0.1) is 0 Å². The highest BCUT2D eigenvalue weighted by Gasteiger charge is 2.28. The molecule has 2 aromatic rings. The molecular weight excluding hydrogens is 269 g/mol. The third-order valence-corrected chi connectivity index (χ3v) is 3.51. The van der Waals surface area contributed by atoms with Crippen molar-refractivity contribution in [2.75, 3.05) is 17.2 Å². The molecule has 2 N–H and O–H groups in total. The molecule has 0 bridgehead atoms. The second kappa shape index (κ2) is 5.25. The molecule has 0 spiro atoms. The van der Waals surface area contributed by atoms with Crippen LogP contribution in [0.2, 0.25) is 0 Å². The van der Waals surface area contributed by atoms with E-state index in [-0.39, 0.29) is 17.4 Å².